The number of hydrogen-bond donors (Lipinski definition) is 1. The Morgan fingerprint density at radius 1 is 1.14 bits per heavy atom. The lowest BCUT2D eigenvalue weighted by molar-refractivity contribution is 0.544. The predicted molar refractivity (Wildman–Crippen MR) is 81.5 cm³/mol. The first-order valence-electron chi connectivity index (χ1n) is 6.97. The third-order valence-corrected chi connectivity index (χ3v) is 3.49. The second-order valence-electron chi connectivity index (χ2n) is 4.81. The number of hydrogen-bond acceptors (Lipinski definition) is 3. The molecule has 2 heterocycles. The smallest absolute Gasteiger partial charge is 0.146 e. The van der Waals surface area contributed by atoms with E-state index in [-0.39, 0.29) is 11.9 Å². The average molecular weight is 281 g/mol. The number of halogens is 1. The third kappa shape index (κ3) is 2.62. The fourth-order valence-electron chi connectivity index (χ4n) is 2.57. The van der Waals surface area contributed by atoms with Crippen molar-refractivity contribution < 1.29 is 4.39 Å². The minimum Gasteiger partial charge on any atom is -0.305 e. The zero-order valence-electron chi connectivity index (χ0n) is 11.8. The summed E-state index contributed by atoms with van der Waals surface area (Å²) >= 11 is 0. The van der Waals surface area contributed by atoms with E-state index in [2.05, 4.69) is 15.3 Å². The molecular weight excluding hydrogens is 265 g/mol. The molecule has 4 heteroatoms. The molecule has 3 aromatic rings. The second kappa shape index (κ2) is 5.97. The van der Waals surface area contributed by atoms with Crippen LogP contribution in [-0.4, -0.2) is 16.5 Å². The van der Waals surface area contributed by atoms with Crippen molar-refractivity contribution in [3.8, 4) is 0 Å². The molecule has 3 rings (SSSR count). The Hall–Kier alpha value is -2.33. The fourth-order valence-corrected chi connectivity index (χ4v) is 2.57. The van der Waals surface area contributed by atoms with Crippen LogP contribution in [0.25, 0.3) is 10.8 Å². The van der Waals surface area contributed by atoms with Gasteiger partial charge in [0, 0.05) is 24.0 Å². The first-order valence-corrected chi connectivity index (χ1v) is 6.97. The highest BCUT2D eigenvalue weighted by Crippen LogP contribution is 2.28. The van der Waals surface area contributed by atoms with E-state index >= 15 is 0 Å². The molecule has 0 spiro atoms. The van der Waals surface area contributed by atoms with Crippen LogP contribution < -0.4 is 5.32 Å². The van der Waals surface area contributed by atoms with Gasteiger partial charge in [-0.15, -0.1) is 0 Å². The van der Waals surface area contributed by atoms with E-state index in [4.69, 9.17) is 0 Å². The van der Waals surface area contributed by atoms with E-state index in [1.807, 2.05) is 37.4 Å². The Labute approximate surface area is 122 Å². The number of pyridine rings is 2. The quantitative estimate of drug-likeness (QED) is 0.795. The summed E-state index contributed by atoms with van der Waals surface area (Å²) in [5.41, 5.74) is 1.43. The molecule has 0 amide bonds. The zero-order chi connectivity index (χ0) is 14.7. The minimum atomic E-state index is -0.297. The van der Waals surface area contributed by atoms with E-state index < -0.39 is 0 Å². The number of rotatable bonds is 4. The van der Waals surface area contributed by atoms with Gasteiger partial charge in [0.15, 0.2) is 0 Å². The molecule has 21 heavy (non-hydrogen) atoms. The van der Waals surface area contributed by atoms with Crippen LogP contribution in [-0.2, 0) is 0 Å². The van der Waals surface area contributed by atoms with Crippen LogP contribution in [0.5, 0.6) is 0 Å². The van der Waals surface area contributed by atoms with Gasteiger partial charge < -0.3 is 5.32 Å². The van der Waals surface area contributed by atoms with Crippen LogP contribution in [0, 0.1) is 5.82 Å². The first-order chi connectivity index (χ1) is 10.3. The molecule has 1 unspecified atom stereocenters. The van der Waals surface area contributed by atoms with Crippen LogP contribution in [0.3, 0.4) is 0 Å². The Morgan fingerprint density at radius 2 is 2.05 bits per heavy atom. The van der Waals surface area contributed by atoms with Crippen LogP contribution in [0.1, 0.15) is 24.2 Å². The minimum absolute atomic E-state index is 0.276. The van der Waals surface area contributed by atoms with E-state index in [1.165, 1.54) is 6.07 Å². The van der Waals surface area contributed by atoms with Crippen molar-refractivity contribution in [2.75, 3.05) is 6.54 Å². The summed E-state index contributed by atoms with van der Waals surface area (Å²) in [7, 11) is 0. The molecule has 0 aliphatic carbocycles. The standard InChI is InChI=1S/C17H16FN3/c1-2-20-16(17-15(18)7-4-9-21-17)14-6-3-5-12-11-19-10-8-13(12)14/h3-11,16,20H,2H2,1H3. The Bertz CT molecular complexity index is 752. The molecule has 2 aromatic heterocycles. The van der Waals surface area contributed by atoms with Gasteiger partial charge in [-0.1, -0.05) is 25.1 Å². The van der Waals surface area contributed by atoms with E-state index in [0.29, 0.717) is 5.69 Å². The SMILES string of the molecule is CCNC(c1ncccc1F)c1cccc2cnccc12. The molecule has 106 valence electrons. The number of fused-ring (bicyclic) bond motifs is 1. The number of aromatic nitrogens is 2. The maximum Gasteiger partial charge on any atom is 0.146 e. The van der Waals surface area contributed by atoms with Crippen molar-refractivity contribution in [1.82, 2.24) is 15.3 Å². The Morgan fingerprint density at radius 3 is 2.86 bits per heavy atom. The van der Waals surface area contributed by atoms with Crippen LogP contribution in [0.4, 0.5) is 4.39 Å². The molecular formula is C17H16FN3. The van der Waals surface area contributed by atoms with Crippen molar-refractivity contribution >= 4 is 10.8 Å². The molecule has 1 atom stereocenters. The summed E-state index contributed by atoms with van der Waals surface area (Å²) in [4.78, 5) is 8.37. The highest BCUT2D eigenvalue weighted by atomic mass is 19.1. The highest BCUT2D eigenvalue weighted by Gasteiger charge is 2.20. The lowest BCUT2D eigenvalue weighted by Crippen LogP contribution is -2.24. The molecule has 0 bridgehead atoms. The normalized spacial score (nSPS) is 12.5. The Kier molecular flexibility index (Phi) is 3.88. The molecule has 0 saturated heterocycles. The van der Waals surface area contributed by atoms with Crippen LogP contribution >= 0.6 is 0 Å². The molecule has 0 fully saturated rings. The maximum atomic E-state index is 14.1. The van der Waals surface area contributed by atoms with Gasteiger partial charge in [-0.25, -0.2) is 4.39 Å². The molecule has 0 aliphatic rings. The largest absolute Gasteiger partial charge is 0.305 e. The summed E-state index contributed by atoms with van der Waals surface area (Å²) in [6, 6.07) is 10.7. The molecule has 0 saturated carbocycles. The molecule has 1 N–H and O–H groups in total. The van der Waals surface area contributed by atoms with Crippen molar-refractivity contribution in [3.05, 3.63) is 72.1 Å². The van der Waals surface area contributed by atoms with Crippen molar-refractivity contribution in [2.45, 2.75) is 13.0 Å². The van der Waals surface area contributed by atoms with Crippen molar-refractivity contribution in [3.63, 3.8) is 0 Å². The number of benzene rings is 1. The molecule has 1 aromatic carbocycles. The van der Waals surface area contributed by atoms with Gasteiger partial charge in [0.1, 0.15) is 5.82 Å². The maximum absolute atomic E-state index is 14.1. The number of nitrogens with zero attached hydrogens (tertiary/aromatic N) is 2. The lowest BCUT2D eigenvalue weighted by Gasteiger charge is -2.20. The first kappa shape index (κ1) is 13.6. The van der Waals surface area contributed by atoms with Crippen molar-refractivity contribution in [1.29, 1.82) is 0 Å². The summed E-state index contributed by atoms with van der Waals surface area (Å²) in [6.07, 6.45) is 5.19. The van der Waals surface area contributed by atoms with Gasteiger partial charge >= 0.3 is 0 Å². The molecule has 0 radical (unpaired) electrons. The summed E-state index contributed by atoms with van der Waals surface area (Å²) in [5.74, 6) is -0.297. The summed E-state index contributed by atoms with van der Waals surface area (Å²) in [5, 5.41) is 5.42. The summed E-state index contributed by atoms with van der Waals surface area (Å²) in [6.45, 7) is 2.72. The van der Waals surface area contributed by atoms with Gasteiger partial charge in [0.25, 0.3) is 0 Å². The van der Waals surface area contributed by atoms with Gasteiger partial charge in [-0.05, 0) is 35.7 Å². The van der Waals surface area contributed by atoms with Gasteiger partial charge in [0.2, 0.25) is 0 Å². The van der Waals surface area contributed by atoms with Crippen LogP contribution in [0.2, 0.25) is 0 Å². The van der Waals surface area contributed by atoms with E-state index in [1.54, 1.807) is 18.5 Å². The van der Waals surface area contributed by atoms with Gasteiger partial charge in [-0.2, -0.15) is 0 Å². The van der Waals surface area contributed by atoms with Gasteiger partial charge in [-0.3, -0.25) is 9.97 Å². The predicted octanol–water partition coefficient (Wildman–Crippen LogP) is 3.47. The van der Waals surface area contributed by atoms with E-state index in [9.17, 15) is 4.39 Å². The topological polar surface area (TPSA) is 37.8 Å². The monoisotopic (exact) mass is 281 g/mol. The molecule has 0 aliphatic heterocycles. The van der Waals surface area contributed by atoms with Gasteiger partial charge in [0.05, 0.1) is 11.7 Å². The zero-order valence-corrected chi connectivity index (χ0v) is 11.8. The lowest BCUT2D eigenvalue weighted by atomic mass is 9.97. The average Bonchev–Trinajstić information content (AvgIpc) is 2.53. The van der Waals surface area contributed by atoms with E-state index in [0.717, 1.165) is 22.9 Å². The Balaban J connectivity index is 2.19. The van der Waals surface area contributed by atoms with Crippen molar-refractivity contribution in [2.24, 2.45) is 0 Å². The number of nitrogens with one attached hydrogen (secondary N) is 1. The summed E-state index contributed by atoms with van der Waals surface area (Å²) < 4.78 is 14.1. The molecule has 3 nitrogen and oxygen atoms in total. The van der Waals surface area contributed by atoms with Crippen LogP contribution in [0.15, 0.2) is 55.0 Å². The second-order valence-corrected chi connectivity index (χ2v) is 4.81. The third-order valence-electron chi connectivity index (χ3n) is 3.49. The fraction of sp³-hybridized carbons (Fsp3) is 0.176. The highest BCUT2D eigenvalue weighted by molar-refractivity contribution is 5.85.